The molecule has 21 heavy (non-hydrogen) atoms. The Morgan fingerprint density at radius 1 is 1.10 bits per heavy atom. The number of hydrogen-bond acceptors (Lipinski definition) is 4. The van der Waals surface area contributed by atoms with Gasteiger partial charge in [0.25, 0.3) is 15.9 Å². The molecule has 0 aliphatic carbocycles. The zero-order valence-corrected chi connectivity index (χ0v) is 12.1. The number of hydrogen-bond donors (Lipinski definition) is 3. The van der Waals surface area contributed by atoms with E-state index in [1.165, 1.54) is 31.3 Å². The molecule has 0 saturated heterocycles. The summed E-state index contributed by atoms with van der Waals surface area (Å²) in [6, 6.07) is 12.3. The number of benzene rings is 2. The highest BCUT2D eigenvalue weighted by Gasteiger charge is 2.18. The van der Waals surface area contributed by atoms with Gasteiger partial charge in [-0.15, -0.1) is 0 Å². The number of nitrogens with two attached hydrogens (primary N) is 1. The lowest BCUT2D eigenvalue weighted by Gasteiger charge is -2.12. The summed E-state index contributed by atoms with van der Waals surface area (Å²) < 4.78 is 27.0. The number of rotatable bonds is 4. The van der Waals surface area contributed by atoms with Gasteiger partial charge in [0.2, 0.25) is 0 Å². The van der Waals surface area contributed by atoms with Gasteiger partial charge in [-0.3, -0.25) is 9.52 Å². The lowest BCUT2D eigenvalue weighted by atomic mass is 10.2. The Morgan fingerprint density at radius 2 is 1.81 bits per heavy atom. The molecule has 1 amide bonds. The van der Waals surface area contributed by atoms with E-state index in [0.29, 0.717) is 5.69 Å². The second-order valence-electron chi connectivity index (χ2n) is 4.30. The number of amides is 1. The van der Waals surface area contributed by atoms with Crippen LogP contribution in [-0.2, 0) is 10.0 Å². The Balaban J connectivity index is 2.40. The van der Waals surface area contributed by atoms with Crippen LogP contribution in [0.25, 0.3) is 0 Å². The van der Waals surface area contributed by atoms with Gasteiger partial charge >= 0.3 is 0 Å². The van der Waals surface area contributed by atoms with Crippen molar-refractivity contribution in [2.75, 3.05) is 17.5 Å². The highest BCUT2D eigenvalue weighted by Crippen LogP contribution is 2.21. The Kier molecular flexibility index (Phi) is 4.13. The maximum atomic E-state index is 12.3. The smallest absolute Gasteiger partial charge is 0.261 e. The lowest BCUT2D eigenvalue weighted by Crippen LogP contribution is -2.21. The molecule has 2 aromatic rings. The molecular formula is C14H15N3O3S. The molecule has 0 atom stereocenters. The normalized spacial score (nSPS) is 10.9. The Hall–Kier alpha value is -2.54. The second-order valence-corrected chi connectivity index (χ2v) is 5.99. The summed E-state index contributed by atoms with van der Waals surface area (Å²) in [7, 11) is -2.33. The first kappa shape index (κ1) is 14.9. The molecule has 2 rings (SSSR count). The number of sulfonamides is 1. The summed E-state index contributed by atoms with van der Waals surface area (Å²) in [6.45, 7) is 0. The van der Waals surface area contributed by atoms with Gasteiger partial charge in [-0.2, -0.15) is 0 Å². The van der Waals surface area contributed by atoms with Crippen molar-refractivity contribution in [3.8, 4) is 0 Å². The molecule has 6 nitrogen and oxygen atoms in total. The van der Waals surface area contributed by atoms with Crippen LogP contribution < -0.4 is 15.8 Å². The number of para-hydroxylation sites is 1. The van der Waals surface area contributed by atoms with Crippen molar-refractivity contribution in [2.24, 2.45) is 0 Å². The quantitative estimate of drug-likeness (QED) is 0.744. The van der Waals surface area contributed by atoms with Crippen molar-refractivity contribution in [2.45, 2.75) is 4.90 Å². The van der Waals surface area contributed by atoms with Crippen molar-refractivity contribution in [1.29, 1.82) is 0 Å². The molecule has 0 aliphatic rings. The van der Waals surface area contributed by atoms with Crippen LogP contribution in [0.4, 0.5) is 11.4 Å². The van der Waals surface area contributed by atoms with Gasteiger partial charge in [0.05, 0.1) is 16.1 Å². The molecule has 0 aliphatic heterocycles. The third-order valence-electron chi connectivity index (χ3n) is 2.81. The van der Waals surface area contributed by atoms with E-state index in [4.69, 9.17) is 5.73 Å². The van der Waals surface area contributed by atoms with Crippen LogP contribution in [0.1, 0.15) is 10.4 Å². The molecule has 2 aromatic carbocycles. The number of nitrogens with one attached hydrogen (secondary N) is 2. The second kappa shape index (κ2) is 5.84. The molecule has 0 heterocycles. The molecular weight excluding hydrogens is 290 g/mol. The highest BCUT2D eigenvalue weighted by molar-refractivity contribution is 7.92. The minimum atomic E-state index is -3.81. The molecule has 0 radical (unpaired) electrons. The molecule has 0 unspecified atom stereocenters. The van der Waals surface area contributed by atoms with E-state index in [1.807, 2.05) is 0 Å². The topological polar surface area (TPSA) is 101 Å². The monoisotopic (exact) mass is 305 g/mol. The van der Waals surface area contributed by atoms with Crippen LogP contribution in [0.2, 0.25) is 0 Å². The van der Waals surface area contributed by atoms with Crippen LogP contribution >= 0.6 is 0 Å². The predicted molar refractivity (Wildman–Crippen MR) is 81.5 cm³/mol. The van der Waals surface area contributed by atoms with E-state index >= 15 is 0 Å². The van der Waals surface area contributed by atoms with E-state index in [9.17, 15) is 13.2 Å². The van der Waals surface area contributed by atoms with Crippen molar-refractivity contribution < 1.29 is 13.2 Å². The first-order valence-electron chi connectivity index (χ1n) is 6.13. The Bertz CT molecular complexity index is 773. The molecule has 7 heteroatoms. The van der Waals surface area contributed by atoms with E-state index in [1.54, 1.807) is 24.3 Å². The number of anilines is 2. The van der Waals surface area contributed by atoms with E-state index in [-0.39, 0.29) is 22.1 Å². The molecule has 0 spiro atoms. The zero-order chi connectivity index (χ0) is 15.5. The van der Waals surface area contributed by atoms with Gasteiger partial charge in [-0.1, -0.05) is 18.2 Å². The average Bonchev–Trinajstić information content (AvgIpc) is 2.46. The van der Waals surface area contributed by atoms with Crippen molar-refractivity contribution in [3.05, 3.63) is 54.1 Å². The zero-order valence-electron chi connectivity index (χ0n) is 11.3. The third-order valence-corrected chi connectivity index (χ3v) is 4.17. The summed E-state index contributed by atoms with van der Waals surface area (Å²) in [6.07, 6.45) is 0. The first-order chi connectivity index (χ1) is 9.94. The summed E-state index contributed by atoms with van der Waals surface area (Å²) >= 11 is 0. The summed E-state index contributed by atoms with van der Waals surface area (Å²) in [4.78, 5) is 11.8. The van der Waals surface area contributed by atoms with Crippen LogP contribution in [0, 0.1) is 0 Å². The van der Waals surface area contributed by atoms with Crippen LogP contribution in [-0.4, -0.2) is 21.4 Å². The van der Waals surface area contributed by atoms with E-state index in [2.05, 4.69) is 10.0 Å². The van der Waals surface area contributed by atoms with Crippen LogP contribution in [0.3, 0.4) is 0 Å². The van der Waals surface area contributed by atoms with E-state index < -0.39 is 10.0 Å². The van der Waals surface area contributed by atoms with Gasteiger partial charge in [0, 0.05) is 12.7 Å². The first-order valence-corrected chi connectivity index (χ1v) is 7.62. The van der Waals surface area contributed by atoms with Crippen LogP contribution in [0.15, 0.2) is 53.4 Å². The third kappa shape index (κ3) is 3.32. The standard InChI is InChI=1S/C14H15N3O3S/c1-16-14(18)12-7-2-3-8-13(12)17-21(19,20)11-6-4-5-10(15)9-11/h2-9,17H,15H2,1H3,(H,16,18). The maximum absolute atomic E-state index is 12.3. The van der Waals surface area contributed by atoms with Crippen molar-refractivity contribution in [1.82, 2.24) is 5.32 Å². The predicted octanol–water partition coefficient (Wildman–Crippen LogP) is 1.43. The number of carbonyl (C=O) groups is 1. The summed E-state index contributed by atoms with van der Waals surface area (Å²) in [5.41, 5.74) is 6.39. The number of carbonyl (C=O) groups excluding carboxylic acids is 1. The minimum Gasteiger partial charge on any atom is -0.399 e. The summed E-state index contributed by atoms with van der Waals surface area (Å²) in [5.74, 6) is -0.374. The molecule has 4 N–H and O–H groups in total. The molecule has 0 bridgehead atoms. The highest BCUT2D eigenvalue weighted by atomic mass is 32.2. The fourth-order valence-corrected chi connectivity index (χ4v) is 2.92. The largest absolute Gasteiger partial charge is 0.399 e. The number of nitrogen functional groups attached to an aromatic ring is 1. The van der Waals surface area contributed by atoms with E-state index in [0.717, 1.165) is 0 Å². The van der Waals surface area contributed by atoms with Gasteiger partial charge in [-0.25, -0.2) is 8.42 Å². The van der Waals surface area contributed by atoms with Gasteiger partial charge in [0.15, 0.2) is 0 Å². The van der Waals surface area contributed by atoms with Gasteiger partial charge in [-0.05, 0) is 30.3 Å². The van der Waals surface area contributed by atoms with Crippen LogP contribution in [0.5, 0.6) is 0 Å². The Labute approximate surface area is 123 Å². The Morgan fingerprint density at radius 3 is 2.48 bits per heavy atom. The fraction of sp³-hybridized carbons (Fsp3) is 0.0714. The SMILES string of the molecule is CNC(=O)c1ccccc1NS(=O)(=O)c1cccc(N)c1. The molecule has 110 valence electrons. The average molecular weight is 305 g/mol. The van der Waals surface area contributed by atoms with Crippen molar-refractivity contribution >= 4 is 27.3 Å². The van der Waals surface area contributed by atoms with Gasteiger partial charge in [0.1, 0.15) is 0 Å². The summed E-state index contributed by atoms with van der Waals surface area (Å²) in [5, 5.41) is 2.46. The fourth-order valence-electron chi connectivity index (χ4n) is 1.79. The molecule has 0 fully saturated rings. The van der Waals surface area contributed by atoms with Crippen molar-refractivity contribution in [3.63, 3.8) is 0 Å². The maximum Gasteiger partial charge on any atom is 0.261 e. The molecule has 0 saturated carbocycles. The minimum absolute atomic E-state index is 0.0363. The molecule has 0 aromatic heterocycles. The van der Waals surface area contributed by atoms with Gasteiger partial charge < -0.3 is 11.1 Å². The lowest BCUT2D eigenvalue weighted by molar-refractivity contribution is 0.0964.